The number of hydrogen-bond acceptors (Lipinski definition) is 6. The first kappa shape index (κ1) is 76.3. The van der Waals surface area contributed by atoms with Gasteiger partial charge in [-0.1, -0.05) is 298 Å². The maximum Gasteiger partial charge on any atom is 0.306 e. The molecule has 0 bridgehead atoms. The van der Waals surface area contributed by atoms with Gasteiger partial charge in [0.25, 0.3) is 0 Å². The van der Waals surface area contributed by atoms with E-state index in [4.69, 9.17) is 14.2 Å². The summed E-state index contributed by atoms with van der Waals surface area (Å²) in [5.74, 6) is -0.890. The fourth-order valence-electron chi connectivity index (χ4n) is 9.68. The summed E-state index contributed by atoms with van der Waals surface area (Å²) >= 11 is 0. The third-order valence-corrected chi connectivity index (χ3v) is 14.8. The van der Waals surface area contributed by atoms with Crippen LogP contribution in [0.1, 0.15) is 335 Å². The van der Waals surface area contributed by atoms with Crippen molar-refractivity contribution in [2.45, 2.75) is 341 Å². The number of hydrogen-bond donors (Lipinski definition) is 0. The van der Waals surface area contributed by atoms with E-state index in [2.05, 4.69) is 118 Å². The molecule has 0 radical (unpaired) electrons. The molecule has 460 valence electrons. The van der Waals surface area contributed by atoms with Crippen molar-refractivity contribution in [2.75, 3.05) is 13.2 Å². The summed E-state index contributed by atoms with van der Waals surface area (Å²) in [4.78, 5) is 38.3. The summed E-state index contributed by atoms with van der Waals surface area (Å²) < 4.78 is 16.9. The van der Waals surface area contributed by atoms with Crippen molar-refractivity contribution >= 4 is 17.9 Å². The zero-order chi connectivity index (χ0) is 57.8. The number of rotatable bonds is 62. The van der Waals surface area contributed by atoms with Gasteiger partial charge < -0.3 is 14.2 Å². The van der Waals surface area contributed by atoms with Crippen LogP contribution in [0.25, 0.3) is 0 Å². The lowest BCUT2D eigenvalue weighted by molar-refractivity contribution is -0.167. The number of allylic oxidation sites excluding steroid dienone is 16. The Kier molecular flexibility index (Phi) is 64.7. The van der Waals surface area contributed by atoms with Crippen LogP contribution in [-0.2, 0) is 28.6 Å². The fraction of sp³-hybridized carbons (Fsp3) is 0.743. The SMILES string of the molecule is CC/C=C\C/C=C\C/C=C\C/C=C\CCCCCCCCCCC(=O)OC(COC(=O)CCCCCCC/C=C\CCC)COC(=O)CCCCCCCCCCCCCCCCCC/C=C\C/C=C\C/C=C\CCCCCCC. The van der Waals surface area contributed by atoms with E-state index in [0.29, 0.717) is 19.3 Å². The molecule has 6 heteroatoms. The van der Waals surface area contributed by atoms with Crippen molar-refractivity contribution in [2.24, 2.45) is 0 Å². The second-order valence-electron chi connectivity index (χ2n) is 22.7. The minimum Gasteiger partial charge on any atom is -0.462 e. The minimum absolute atomic E-state index is 0.0817. The molecule has 0 aliphatic heterocycles. The van der Waals surface area contributed by atoms with E-state index in [0.717, 1.165) is 116 Å². The van der Waals surface area contributed by atoms with Crippen molar-refractivity contribution in [3.05, 3.63) is 97.2 Å². The molecule has 80 heavy (non-hydrogen) atoms. The van der Waals surface area contributed by atoms with Crippen LogP contribution in [-0.4, -0.2) is 37.2 Å². The van der Waals surface area contributed by atoms with Crippen molar-refractivity contribution in [1.82, 2.24) is 0 Å². The van der Waals surface area contributed by atoms with Crippen LogP contribution in [0.15, 0.2) is 97.2 Å². The Morgan fingerprint density at radius 1 is 0.263 bits per heavy atom. The first-order valence-corrected chi connectivity index (χ1v) is 34.2. The maximum absolute atomic E-state index is 12.9. The van der Waals surface area contributed by atoms with Gasteiger partial charge in [0.2, 0.25) is 0 Å². The Morgan fingerprint density at radius 3 is 0.825 bits per heavy atom. The van der Waals surface area contributed by atoms with E-state index in [1.807, 2.05) is 0 Å². The van der Waals surface area contributed by atoms with Gasteiger partial charge in [0.05, 0.1) is 0 Å². The smallest absolute Gasteiger partial charge is 0.306 e. The molecular formula is C74H128O6. The first-order chi connectivity index (χ1) is 39.5. The van der Waals surface area contributed by atoms with Crippen LogP contribution >= 0.6 is 0 Å². The lowest BCUT2D eigenvalue weighted by atomic mass is 10.0. The zero-order valence-electron chi connectivity index (χ0n) is 52.8. The Balaban J connectivity index is 4.17. The van der Waals surface area contributed by atoms with Crippen LogP contribution in [0.4, 0.5) is 0 Å². The number of ether oxygens (including phenoxy) is 3. The molecule has 0 fully saturated rings. The Bertz CT molecular complexity index is 1560. The summed E-state index contributed by atoms with van der Waals surface area (Å²) in [5, 5.41) is 0. The monoisotopic (exact) mass is 1110 g/mol. The normalized spacial score (nSPS) is 12.7. The van der Waals surface area contributed by atoms with Gasteiger partial charge in [0.15, 0.2) is 6.10 Å². The van der Waals surface area contributed by atoms with Gasteiger partial charge in [-0.25, -0.2) is 0 Å². The fourth-order valence-corrected chi connectivity index (χ4v) is 9.68. The van der Waals surface area contributed by atoms with E-state index in [1.165, 1.54) is 180 Å². The van der Waals surface area contributed by atoms with Gasteiger partial charge in [-0.3, -0.25) is 14.4 Å². The summed E-state index contributed by atoms with van der Waals surface area (Å²) in [5.41, 5.74) is 0. The molecular weight excluding hydrogens is 985 g/mol. The molecule has 0 aromatic rings. The highest BCUT2D eigenvalue weighted by atomic mass is 16.6. The van der Waals surface area contributed by atoms with Gasteiger partial charge in [0.1, 0.15) is 13.2 Å². The van der Waals surface area contributed by atoms with E-state index in [-0.39, 0.29) is 31.1 Å². The van der Waals surface area contributed by atoms with Gasteiger partial charge in [0, 0.05) is 19.3 Å². The summed E-state index contributed by atoms with van der Waals surface area (Å²) in [6.07, 6.45) is 91.6. The molecule has 0 aliphatic rings. The largest absolute Gasteiger partial charge is 0.462 e. The molecule has 0 saturated carbocycles. The topological polar surface area (TPSA) is 78.9 Å². The van der Waals surface area contributed by atoms with Gasteiger partial charge >= 0.3 is 17.9 Å². The van der Waals surface area contributed by atoms with Crippen LogP contribution in [0.5, 0.6) is 0 Å². The van der Waals surface area contributed by atoms with Crippen LogP contribution in [0, 0.1) is 0 Å². The molecule has 6 nitrogen and oxygen atoms in total. The molecule has 0 heterocycles. The highest BCUT2D eigenvalue weighted by Crippen LogP contribution is 2.17. The average Bonchev–Trinajstić information content (AvgIpc) is 3.46. The van der Waals surface area contributed by atoms with Gasteiger partial charge in [-0.05, 0) is 116 Å². The van der Waals surface area contributed by atoms with Gasteiger partial charge in [-0.2, -0.15) is 0 Å². The quantitative estimate of drug-likeness (QED) is 0.0261. The van der Waals surface area contributed by atoms with Crippen molar-refractivity contribution in [3.63, 3.8) is 0 Å². The molecule has 0 aromatic heterocycles. The lowest BCUT2D eigenvalue weighted by Crippen LogP contribution is -2.30. The van der Waals surface area contributed by atoms with Crippen LogP contribution in [0.2, 0.25) is 0 Å². The third kappa shape index (κ3) is 65.1. The third-order valence-electron chi connectivity index (χ3n) is 14.8. The second kappa shape index (κ2) is 67.8. The number of esters is 3. The molecule has 0 aliphatic carbocycles. The Hall–Kier alpha value is -3.67. The summed E-state index contributed by atoms with van der Waals surface area (Å²) in [6.45, 7) is 6.47. The standard InChI is InChI=1S/C74H128O6/c1-4-7-10-13-16-19-22-24-26-28-30-32-33-34-35-36-37-38-39-40-41-43-44-46-48-50-52-55-58-61-64-67-73(76)79-70-71(69-78-72(75)66-63-60-57-54-21-18-15-12-9-6-3)80-74(77)68-65-62-59-56-53-51-49-47-45-42-31-29-27-25-23-20-17-14-11-8-5-2/h8,11-12,15,17,20,22,24-25,27-28,30-31,33-34,42,71H,4-7,9-10,13-14,16,18-19,21,23,26,29,32,35-41,43-70H2,1-3H3/b11-8-,15-12-,20-17-,24-22-,27-25-,30-28-,34-33-,42-31-. The van der Waals surface area contributed by atoms with E-state index < -0.39 is 6.10 Å². The molecule has 1 unspecified atom stereocenters. The van der Waals surface area contributed by atoms with Crippen LogP contribution in [0.3, 0.4) is 0 Å². The Labute approximate surface area is 496 Å². The van der Waals surface area contributed by atoms with Crippen molar-refractivity contribution in [3.8, 4) is 0 Å². The molecule has 0 amide bonds. The molecule has 0 spiro atoms. The van der Waals surface area contributed by atoms with Gasteiger partial charge in [-0.15, -0.1) is 0 Å². The number of carbonyl (C=O) groups is 3. The number of unbranched alkanes of at least 4 members (excludes halogenated alkanes) is 35. The summed E-state index contributed by atoms with van der Waals surface area (Å²) in [6, 6.07) is 0. The Morgan fingerprint density at radius 2 is 0.512 bits per heavy atom. The first-order valence-electron chi connectivity index (χ1n) is 34.2. The highest BCUT2D eigenvalue weighted by Gasteiger charge is 2.19. The highest BCUT2D eigenvalue weighted by molar-refractivity contribution is 5.71. The van der Waals surface area contributed by atoms with E-state index in [1.54, 1.807) is 0 Å². The molecule has 1 atom stereocenters. The van der Waals surface area contributed by atoms with Crippen molar-refractivity contribution < 1.29 is 28.6 Å². The van der Waals surface area contributed by atoms with E-state index in [9.17, 15) is 14.4 Å². The molecule has 0 N–H and O–H groups in total. The average molecular weight is 1110 g/mol. The predicted molar refractivity (Wildman–Crippen MR) is 348 cm³/mol. The summed E-state index contributed by atoms with van der Waals surface area (Å²) in [7, 11) is 0. The molecule has 0 aromatic carbocycles. The van der Waals surface area contributed by atoms with Crippen molar-refractivity contribution in [1.29, 1.82) is 0 Å². The zero-order valence-corrected chi connectivity index (χ0v) is 52.8. The molecule has 0 saturated heterocycles. The molecule has 0 rings (SSSR count). The van der Waals surface area contributed by atoms with Crippen LogP contribution < -0.4 is 0 Å². The predicted octanol–water partition coefficient (Wildman–Crippen LogP) is 23.6. The maximum atomic E-state index is 12.9. The lowest BCUT2D eigenvalue weighted by Gasteiger charge is -2.18. The second-order valence-corrected chi connectivity index (χ2v) is 22.7. The number of carbonyl (C=O) groups excluding carboxylic acids is 3. The minimum atomic E-state index is -0.786. The van der Waals surface area contributed by atoms with E-state index >= 15 is 0 Å².